The zero-order valence-corrected chi connectivity index (χ0v) is 10.3. The summed E-state index contributed by atoms with van der Waals surface area (Å²) in [6.07, 6.45) is 4.21. The summed E-state index contributed by atoms with van der Waals surface area (Å²) >= 11 is 0. The molecular weight excluding hydrogens is 220 g/mol. The smallest absolute Gasteiger partial charge is 0.320 e. The Morgan fingerprint density at radius 2 is 2.06 bits per heavy atom. The van der Waals surface area contributed by atoms with Gasteiger partial charge in [0.2, 0.25) is 0 Å². The largest absolute Gasteiger partial charge is 0.481 e. The number of carbonyl (C=O) groups is 2. The van der Waals surface area contributed by atoms with Gasteiger partial charge >= 0.3 is 12.0 Å². The van der Waals surface area contributed by atoms with Crippen LogP contribution in [-0.4, -0.2) is 52.1 Å². The van der Waals surface area contributed by atoms with E-state index in [2.05, 4.69) is 6.92 Å². The molecule has 1 heterocycles. The highest BCUT2D eigenvalue weighted by atomic mass is 16.4. The van der Waals surface area contributed by atoms with Gasteiger partial charge in [0.05, 0.1) is 6.42 Å². The number of hydrogen-bond acceptors (Lipinski definition) is 2. The minimum absolute atomic E-state index is 0.0405. The third-order valence-electron chi connectivity index (χ3n) is 3.60. The van der Waals surface area contributed by atoms with E-state index >= 15 is 0 Å². The van der Waals surface area contributed by atoms with Crippen molar-refractivity contribution in [3.05, 3.63) is 0 Å². The first-order valence-electron chi connectivity index (χ1n) is 6.38. The zero-order valence-electron chi connectivity index (χ0n) is 10.3. The Balaban J connectivity index is 1.95. The summed E-state index contributed by atoms with van der Waals surface area (Å²) < 4.78 is 0. The van der Waals surface area contributed by atoms with Gasteiger partial charge in [-0.15, -0.1) is 0 Å². The van der Waals surface area contributed by atoms with Crippen molar-refractivity contribution in [2.24, 2.45) is 0 Å². The fourth-order valence-corrected chi connectivity index (χ4v) is 2.42. The van der Waals surface area contributed by atoms with Gasteiger partial charge < -0.3 is 14.9 Å². The second-order valence-corrected chi connectivity index (χ2v) is 5.04. The first kappa shape index (κ1) is 12.2. The van der Waals surface area contributed by atoms with Gasteiger partial charge in [0.25, 0.3) is 0 Å². The van der Waals surface area contributed by atoms with E-state index in [0.29, 0.717) is 12.6 Å². The maximum absolute atomic E-state index is 12.3. The Labute approximate surface area is 101 Å². The summed E-state index contributed by atoms with van der Waals surface area (Å²) in [5.74, 6) is -0.835. The molecule has 2 rings (SSSR count). The molecule has 1 saturated carbocycles. The van der Waals surface area contributed by atoms with Gasteiger partial charge in [-0.25, -0.2) is 4.79 Å². The Bertz CT molecular complexity index is 315. The SMILES string of the molecule is CC1CCCN1C(=O)N(CCC(=O)O)C1CC1. The summed E-state index contributed by atoms with van der Waals surface area (Å²) in [5.41, 5.74) is 0. The number of carboxylic acids is 1. The number of urea groups is 1. The number of hydrogen-bond donors (Lipinski definition) is 1. The molecule has 5 heteroatoms. The molecule has 5 nitrogen and oxygen atoms in total. The highest BCUT2D eigenvalue weighted by Crippen LogP contribution is 2.29. The molecule has 0 aromatic carbocycles. The monoisotopic (exact) mass is 240 g/mol. The molecule has 2 fully saturated rings. The first-order chi connectivity index (χ1) is 8.09. The molecular formula is C12H20N2O3. The number of nitrogens with zero attached hydrogens (tertiary/aromatic N) is 2. The van der Waals surface area contributed by atoms with Crippen molar-refractivity contribution in [3.8, 4) is 0 Å². The molecule has 1 atom stereocenters. The summed E-state index contributed by atoms with van der Waals surface area (Å²) in [6, 6.07) is 0.627. The van der Waals surface area contributed by atoms with Crippen molar-refractivity contribution < 1.29 is 14.7 Å². The van der Waals surface area contributed by atoms with Crippen LogP contribution in [0.1, 0.15) is 39.0 Å². The number of carbonyl (C=O) groups excluding carboxylic acids is 1. The minimum Gasteiger partial charge on any atom is -0.481 e. The molecule has 2 amide bonds. The number of likely N-dealkylation sites (tertiary alicyclic amines) is 1. The lowest BCUT2D eigenvalue weighted by Crippen LogP contribution is -2.46. The van der Waals surface area contributed by atoms with Crippen LogP contribution in [0.25, 0.3) is 0 Å². The second-order valence-electron chi connectivity index (χ2n) is 5.04. The molecule has 1 unspecified atom stereocenters. The Morgan fingerprint density at radius 3 is 2.53 bits per heavy atom. The lowest BCUT2D eigenvalue weighted by Gasteiger charge is -2.30. The fourth-order valence-electron chi connectivity index (χ4n) is 2.42. The highest BCUT2D eigenvalue weighted by Gasteiger charge is 2.37. The van der Waals surface area contributed by atoms with E-state index in [-0.39, 0.29) is 18.5 Å². The number of aliphatic carboxylic acids is 1. The predicted octanol–water partition coefficient (Wildman–Crippen LogP) is 1.53. The molecule has 0 aromatic rings. The number of rotatable bonds is 4. The summed E-state index contributed by atoms with van der Waals surface area (Å²) in [4.78, 5) is 26.6. The molecule has 17 heavy (non-hydrogen) atoms. The van der Waals surface area contributed by atoms with Gasteiger partial charge in [-0.05, 0) is 32.6 Å². The van der Waals surface area contributed by atoms with Crippen molar-refractivity contribution in [2.45, 2.75) is 51.1 Å². The zero-order chi connectivity index (χ0) is 12.4. The van der Waals surface area contributed by atoms with Gasteiger partial charge in [0, 0.05) is 25.2 Å². The van der Waals surface area contributed by atoms with Crippen LogP contribution in [0.5, 0.6) is 0 Å². The van der Waals surface area contributed by atoms with Crippen LogP contribution < -0.4 is 0 Å². The summed E-state index contributed by atoms with van der Waals surface area (Å²) in [6.45, 7) is 3.23. The molecule has 0 spiro atoms. The molecule has 96 valence electrons. The standard InChI is InChI=1S/C12H20N2O3/c1-9-3-2-7-13(9)12(17)14(10-4-5-10)8-6-11(15)16/h9-10H,2-8H2,1H3,(H,15,16). The molecule has 1 aliphatic heterocycles. The maximum Gasteiger partial charge on any atom is 0.320 e. The normalized spacial score (nSPS) is 23.8. The molecule has 0 bridgehead atoms. The molecule has 1 N–H and O–H groups in total. The van der Waals surface area contributed by atoms with Crippen LogP contribution in [0, 0.1) is 0 Å². The summed E-state index contributed by atoms with van der Waals surface area (Å²) in [5, 5.41) is 8.71. The third-order valence-corrected chi connectivity index (χ3v) is 3.60. The van der Waals surface area contributed by atoms with Gasteiger partial charge in [0.15, 0.2) is 0 Å². The van der Waals surface area contributed by atoms with Crippen LogP contribution in [0.4, 0.5) is 4.79 Å². The number of carboxylic acid groups (broad SMARTS) is 1. The number of amides is 2. The van der Waals surface area contributed by atoms with Crippen LogP contribution in [0.2, 0.25) is 0 Å². The first-order valence-corrected chi connectivity index (χ1v) is 6.38. The van der Waals surface area contributed by atoms with Gasteiger partial charge in [-0.2, -0.15) is 0 Å². The van der Waals surface area contributed by atoms with Crippen LogP contribution in [-0.2, 0) is 4.79 Å². The van der Waals surface area contributed by atoms with Crippen LogP contribution in [0.3, 0.4) is 0 Å². The average Bonchev–Trinajstić information content (AvgIpc) is 3.00. The van der Waals surface area contributed by atoms with Crippen molar-refractivity contribution >= 4 is 12.0 Å². The van der Waals surface area contributed by atoms with Gasteiger partial charge in [-0.1, -0.05) is 0 Å². The lowest BCUT2D eigenvalue weighted by molar-refractivity contribution is -0.137. The topological polar surface area (TPSA) is 60.9 Å². The highest BCUT2D eigenvalue weighted by molar-refractivity contribution is 5.76. The Morgan fingerprint density at radius 1 is 1.35 bits per heavy atom. The summed E-state index contributed by atoms with van der Waals surface area (Å²) in [7, 11) is 0. The predicted molar refractivity (Wildman–Crippen MR) is 62.8 cm³/mol. The van der Waals surface area contributed by atoms with E-state index in [9.17, 15) is 9.59 Å². The molecule has 1 saturated heterocycles. The Hall–Kier alpha value is -1.26. The molecule has 0 radical (unpaired) electrons. The van der Waals surface area contributed by atoms with Crippen molar-refractivity contribution in [1.29, 1.82) is 0 Å². The van der Waals surface area contributed by atoms with Crippen molar-refractivity contribution in [1.82, 2.24) is 9.80 Å². The fraction of sp³-hybridized carbons (Fsp3) is 0.833. The van der Waals surface area contributed by atoms with E-state index in [0.717, 1.165) is 32.2 Å². The van der Waals surface area contributed by atoms with Crippen molar-refractivity contribution in [2.75, 3.05) is 13.1 Å². The molecule has 0 aromatic heterocycles. The van der Waals surface area contributed by atoms with E-state index in [1.807, 2.05) is 4.90 Å². The van der Waals surface area contributed by atoms with E-state index in [1.54, 1.807) is 4.90 Å². The van der Waals surface area contributed by atoms with E-state index in [1.165, 1.54) is 0 Å². The van der Waals surface area contributed by atoms with E-state index < -0.39 is 5.97 Å². The van der Waals surface area contributed by atoms with Gasteiger partial charge in [0.1, 0.15) is 0 Å². The van der Waals surface area contributed by atoms with Gasteiger partial charge in [-0.3, -0.25) is 4.79 Å². The molecule has 2 aliphatic rings. The van der Waals surface area contributed by atoms with Crippen LogP contribution in [0.15, 0.2) is 0 Å². The average molecular weight is 240 g/mol. The third kappa shape index (κ3) is 2.90. The van der Waals surface area contributed by atoms with Crippen molar-refractivity contribution in [3.63, 3.8) is 0 Å². The van der Waals surface area contributed by atoms with Crippen LogP contribution >= 0.6 is 0 Å². The quantitative estimate of drug-likeness (QED) is 0.810. The Kier molecular flexibility index (Phi) is 3.54. The second kappa shape index (κ2) is 4.94. The van der Waals surface area contributed by atoms with E-state index in [4.69, 9.17) is 5.11 Å². The lowest BCUT2D eigenvalue weighted by atomic mass is 10.2. The molecule has 1 aliphatic carbocycles. The minimum atomic E-state index is -0.835. The maximum atomic E-state index is 12.3.